The van der Waals surface area contributed by atoms with Crippen molar-refractivity contribution in [3.8, 4) is 5.75 Å². The van der Waals surface area contributed by atoms with E-state index in [1.54, 1.807) is 12.1 Å². The summed E-state index contributed by atoms with van der Waals surface area (Å²) in [6, 6.07) is 5.92. The molecule has 1 aromatic rings. The van der Waals surface area contributed by atoms with Gasteiger partial charge in [0.2, 0.25) is 0 Å². The van der Waals surface area contributed by atoms with Gasteiger partial charge in [0.05, 0.1) is 0 Å². The molecule has 1 aromatic carbocycles. The van der Waals surface area contributed by atoms with Crippen molar-refractivity contribution in [3.63, 3.8) is 0 Å². The molecule has 0 spiro atoms. The molecule has 0 aromatic heterocycles. The lowest BCUT2D eigenvalue weighted by Crippen LogP contribution is -2.08. The zero-order chi connectivity index (χ0) is 11.1. The van der Waals surface area contributed by atoms with Gasteiger partial charge in [0.1, 0.15) is 0 Å². The predicted octanol–water partition coefficient (Wildman–Crippen LogP) is 3.31. The van der Waals surface area contributed by atoms with Gasteiger partial charge in [-0.15, -0.1) is 0 Å². The minimum Gasteiger partial charge on any atom is -0.423 e. The minimum atomic E-state index is -0.499. The number of carbonyl (C=O) groups is 1. The van der Waals surface area contributed by atoms with Crippen molar-refractivity contribution in [1.82, 2.24) is 0 Å². The van der Waals surface area contributed by atoms with Gasteiger partial charge < -0.3 is 4.74 Å². The summed E-state index contributed by atoms with van der Waals surface area (Å²) < 4.78 is 17.9. The minimum absolute atomic E-state index is 0.0130. The molecule has 3 heteroatoms. The summed E-state index contributed by atoms with van der Waals surface area (Å²) in [7, 11) is 0. The molecule has 0 unspecified atom stereocenters. The number of ether oxygens (including phenoxy) is 1. The van der Waals surface area contributed by atoms with Crippen LogP contribution in [0.25, 0.3) is 0 Å². The molecule has 0 atom stereocenters. The van der Waals surface area contributed by atoms with E-state index >= 15 is 0 Å². The second kappa shape index (κ2) is 6.17. The van der Waals surface area contributed by atoms with Gasteiger partial charge in [0.25, 0.3) is 0 Å². The molecule has 0 saturated heterocycles. The maximum atomic E-state index is 13.1. The van der Waals surface area contributed by atoms with E-state index in [-0.39, 0.29) is 11.7 Å². The SMILES string of the molecule is CCCCCC(=O)Oc1ccccc1F. The molecular weight excluding hydrogens is 195 g/mol. The van der Waals surface area contributed by atoms with Crippen LogP contribution in [-0.4, -0.2) is 5.97 Å². The smallest absolute Gasteiger partial charge is 0.311 e. The Morgan fingerprint density at radius 2 is 2.07 bits per heavy atom. The van der Waals surface area contributed by atoms with Crippen LogP contribution < -0.4 is 4.74 Å². The molecule has 0 N–H and O–H groups in total. The standard InChI is InChI=1S/C12H15FO2/c1-2-3-4-9-12(14)15-11-8-6-5-7-10(11)13/h5-8H,2-4,9H2,1H3. The van der Waals surface area contributed by atoms with E-state index in [0.29, 0.717) is 6.42 Å². The normalized spacial score (nSPS) is 10.0. The Bertz CT molecular complexity index is 323. The molecule has 0 aliphatic heterocycles. The molecule has 2 nitrogen and oxygen atoms in total. The Kier molecular flexibility index (Phi) is 4.81. The highest BCUT2D eigenvalue weighted by Crippen LogP contribution is 2.16. The molecular formula is C12H15FO2. The van der Waals surface area contributed by atoms with Crippen LogP contribution in [0.3, 0.4) is 0 Å². The van der Waals surface area contributed by atoms with Crippen molar-refractivity contribution in [1.29, 1.82) is 0 Å². The second-order valence-electron chi connectivity index (χ2n) is 3.36. The van der Waals surface area contributed by atoms with Crippen molar-refractivity contribution >= 4 is 5.97 Å². The molecule has 0 radical (unpaired) electrons. The Balaban J connectivity index is 2.41. The highest BCUT2D eigenvalue weighted by Gasteiger charge is 2.07. The molecule has 15 heavy (non-hydrogen) atoms. The third-order valence-electron chi connectivity index (χ3n) is 2.04. The lowest BCUT2D eigenvalue weighted by molar-refractivity contribution is -0.134. The number of carbonyl (C=O) groups excluding carboxylic acids is 1. The van der Waals surface area contributed by atoms with Gasteiger partial charge in [-0.3, -0.25) is 4.79 Å². The summed E-state index contributed by atoms with van der Waals surface area (Å²) in [4.78, 5) is 11.3. The van der Waals surface area contributed by atoms with Crippen LogP contribution in [0.15, 0.2) is 24.3 Å². The Morgan fingerprint density at radius 3 is 2.73 bits per heavy atom. The van der Waals surface area contributed by atoms with Gasteiger partial charge in [-0.05, 0) is 18.6 Å². The van der Waals surface area contributed by atoms with Crippen LogP contribution in [0, 0.1) is 5.82 Å². The molecule has 0 aliphatic carbocycles. The van der Waals surface area contributed by atoms with Gasteiger partial charge in [0, 0.05) is 6.42 Å². The molecule has 1 rings (SSSR count). The highest BCUT2D eigenvalue weighted by atomic mass is 19.1. The first kappa shape index (κ1) is 11.7. The predicted molar refractivity (Wildman–Crippen MR) is 56.2 cm³/mol. The van der Waals surface area contributed by atoms with Crippen LogP contribution in [0.2, 0.25) is 0 Å². The number of hydrogen-bond donors (Lipinski definition) is 0. The third kappa shape index (κ3) is 4.11. The molecule has 0 bridgehead atoms. The molecule has 0 amide bonds. The molecule has 0 aliphatic rings. The maximum absolute atomic E-state index is 13.1. The van der Waals surface area contributed by atoms with Crippen LogP contribution >= 0.6 is 0 Å². The Morgan fingerprint density at radius 1 is 1.33 bits per heavy atom. The number of hydrogen-bond acceptors (Lipinski definition) is 2. The summed E-state index contributed by atoms with van der Waals surface area (Å²) in [6.07, 6.45) is 3.19. The first-order chi connectivity index (χ1) is 7.24. The fourth-order valence-electron chi connectivity index (χ4n) is 1.22. The van der Waals surface area contributed by atoms with Crippen LogP contribution in [0.5, 0.6) is 5.75 Å². The number of rotatable bonds is 5. The van der Waals surface area contributed by atoms with Crippen molar-refractivity contribution in [2.24, 2.45) is 0 Å². The number of unbranched alkanes of at least 4 members (excludes halogenated alkanes) is 2. The van der Waals surface area contributed by atoms with Gasteiger partial charge in [-0.1, -0.05) is 31.9 Å². The van der Waals surface area contributed by atoms with Crippen LogP contribution in [0.1, 0.15) is 32.6 Å². The van der Waals surface area contributed by atoms with E-state index in [0.717, 1.165) is 19.3 Å². The fourth-order valence-corrected chi connectivity index (χ4v) is 1.22. The number of halogens is 1. The Hall–Kier alpha value is -1.38. The largest absolute Gasteiger partial charge is 0.423 e. The summed E-state index contributed by atoms with van der Waals surface area (Å²) >= 11 is 0. The highest BCUT2D eigenvalue weighted by molar-refractivity contribution is 5.72. The zero-order valence-corrected chi connectivity index (χ0v) is 8.83. The molecule has 82 valence electrons. The van der Waals surface area contributed by atoms with Gasteiger partial charge in [-0.25, -0.2) is 4.39 Å². The van der Waals surface area contributed by atoms with E-state index in [2.05, 4.69) is 6.92 Å². The lowest BCUT2D eigenvalue weighted by Gasteiger charge is -2.04. The van der Waals surface area contributed by atoms with E-state index in [9.17, 15) is 9.18 Å². The average Bonchev–Trinajstić information content (AvgIpc) is 2.22. The second-order valence-corrected chi connectivity index (χ2v) is 3.36. The lowest BCUT2D eigenvalue weighted by atomic mass is 10.2. The van der Waals surface area contributed by atoms with Gasteiger partial charge in [0.15, 0.2) is 11.6 Å². The van der Waals surface area contributed by atoms with Crippen molar-refractivity contribution in [2.45, 2.75) is 32.6 Å². The van der Waals surface area contributed by atoms with Crippen LogP contribution in [0.4, 0.5) is 4.39 Å². The molecule has 0 heterocycles. The van der Waals surface area contributed by atoms with Gasteiger partial charge >= 0.3 is 5.97 Å². The summed E-state index contributed by atoms with van der Waals surface area (Å²) in [5.41, 5.74) is 0. The van der Waals surface area contributed by atoms with Crippen molar-refractivity contribution in [3.05, 3.63) is 30.1 Å². The number of benzene rings is 1. The first-order valence-corrected chi connectivity index (χ1v) is 5.19. The van der Waals surface area contributed by atoms with Crippen molar-refractivity contribution < 1.29 is 13.9 Å². The summed E-state index contributed by atoms with van der Waals surface area (Å²) in [5, 5.41) is 0. The molecule has 0 saturated carbocycles. The maximum Gasteiger partial charge on any atom is 0.311 e. The van der Waals surface area contributed by atoms with E-state index in [1.807, 2.05) is 0 Å². The monoisotopic (exact) mass is 210 g/mol. The third-order valence-corrected chi connectivity index (χ3v) is 2.04. The number of esters is 1. The van der Waals surface area contributed by atoms with Crippen LogP contribution in [-0.2, 0) is 4.79 Å². The van der Waals surface area contributed by atoms with E-state index in [1.165, 1.54) is 12.1 Å². The summed E-state index contributed by atoms with van der Waals surface area (Å²) in [5.74, 6) is -0.853. The first-order valence-electron chi connectivity index (χ1n) is 5.19. The topological polar surface area (TPSA) is 26.3 Å². The Labute approximate surface area is 89.1 Å². The van der Waals surface area contributed by atoms with E-state index < -0.39 is 5.82 Å². The van der Waals surface area contributed by atoms with Gasteiger partial charge in [-0.2, -0.15) is 0 Å². The van der Waals surface area contributed by atoms with Crippen molar-refractivity contribution in [2.75, 3.05) is 0 Å². The average molecular weight is 210 g/mol. The number of para-hydroxylation sites is 1. The summed E-state index contributed by atoms with van der Waals surface area (Å²) in [6.45, 7) is 2.06. The van der Waals surface area contributed by atoms with E-state index in [4.69, 9.17) is 4.74 Å². The quantitative estimate of drug-likeness (QED) is 0.423. The fraction of sp³-hybridized carbons (Fsp3) is 0.417. The zero-order valence-electron chi connectivity index (χ0n) is 8.83. The molecule has 0 fully saturated rings.